The van der Waals surface area contributed by atoms with Gasteiger partial charge in [-0.15, -0.1) is 0 Å². The van der Waals surface area contributed by atoms with Crippen LogP contribution in [0.1, 0.15) is 17.9 Å². The Morgan fingerprint density at radius 1 is 1.32 bits per heavy atom. The third kappa shape index (κ3) is 3.58. The van der Waals surface area contributed by atoms with E-state index in [1.165, 1.54) is 18.2 Å². The SMILES string of the molecule is Nc1nc(N2CCOCC2)nc2c1[C@@H](C(=O)Nc1cccc(F)c1)CC(=O)N2. The monoisotopic (exact) mass is 386 g/mol. The van der Waals surface area contributed by atoms with Gasteiger partial charge in [0.05, 0.1) is 24.7 Å². The standard InChI is InChI=1S/C18H19FN6O3/c19-10-2-1-3-11(8-10)21-17(27)12-9-13(26)22-16-14(12)15(20)23-18(24-16)25-4-6-28-7-5-25/h1-3,8,12H,4-7,9H2,(H,21,27)(H3,20,22,23,24,26)/t12-/m0/s1. The van der Waals surface area contributed by atoms with Crippen LogP contribution in [0, 0.1) is 5.82 Å². The van der Waals surface area contributed by atoms with Gasteiger partial charge in [-0.1, -0.05) is 6.07 Å². The summed E-state index contributed by atoms with van der Waals surface area (Å²) < 4.78 is 18.7. The molecule has 2 aliphatic heterocycles. The highest BCUT2D eigenvalue weighted by Crippen LogP contribution is 2.36. The van der Waals surface area contributed by atoms with Gasteiger partial charge in [-0.05, 0) is 18.2 Å². The molecular formula is C18H19FN6O3. The fourth-order valence-electron chi connectivity index (χ4n) is 3.31. The van der Waals surface area contributed by atoms with E-state index in [0.29, 0.717) is 43.5 Å². The zero-order valence-electron chi connectivity index (χ0n) is 14.9. The Kier molecular flexibility index (Phi) is 4.78. The number of benzene rings is 1. The number of ether oxygens (including phenoxy) is 1. The largest absolute Gasteiger partial charge is 0.383 e. The fraction of sp³-hybridized carbons (Fsp3) is 0.333. The Balaban J connectivity index is 1.64. The quantitative estimate of drug-likeness (QED) is 0.722. The average Bonchev–Trinajstić information content (AvgIpc) is 2.67. The van der Waals surface area contributed by atoms with Crippen LogP contribution in [0.4, 0.5) is 27.7 Å². The summed E-state index contributed by atoms with van der Waals surface area (Å²) in [5.41, 5.74) is 6.80. The van der Waals surface area contributed by atoms with Crippen molar-refractivity contribution in [2.75, 3.05) is 47.6 Å². The number of rotatable bonds is 3. The van der Waals surface area contributed by atoms with E-state index in [0.717, 1.165) is 0 Å². The Bertz CT molecular complexity index is 932. The van der Waals surface area contributed by atoms with E-state index in [-0.39, 0.29) is 24.0 Å². The van der Waals surface area contributed by atoms with Crippen molar-refractivity contribution in [2.24, 2.45) is 0 Å². The number of hydrogen-bond donors (Lipinski definition) is 3. The van der Waals surface area contributed by atoms with Crippen molar-refractivity contribution in [3.63, 3.8) is 0 Å². The summed E-state index contributed by atoms with van der Waals surface area (Å²) in [6, 6.07) is 5.52. The molecule has 4 N–H and O–H groups in total. The molecule has 4 rings (SSSR count). The van der Waals surface area contributed by atoms with Gasteiger partial charge in [0.25, 0.3) is 0 Å². The topological polar surface area (TPSA) is 122 Å². The van der Waals surface area contributed by atoms with Gasteiger partial charge in [-0.2, -0.15) is 9.97 Å². The van der Waals surface area contributed by atoms with E-state index in [9.17, 15) is 14.0 Å². The number of nitrogens with one attached hydrogen (secondary N) is 2. The molecule has 1 aromatic carbocycles. The average molecular weight is 386 g/mol. The number of amides is 2. The molecule has 0 unspecified atom stereocenters. The molecule has 1 saturated heterocycles. The summed E-state index contributed by atoms with van der Waals surface area (Å²) in [5.74, 6) is -1.43. The molecule has 2 aromatic rings. The Hall–Kier alpha value is -3.27. The van der Waals surface area contributed by atoms with Crippen LogP contribution in [0.5, 0.6) is 0 Å². The van der Waals surface area contributed by atoms with Gasteiger partial charge < -0.3 is 26.0 Å². The third-order valence-electron chi connectivity index (χ3n) is 4.66. The zero-order valence-corrected chi connectivity index (χ0v) is 14.9. The van der Waals surface area contributed by atoms with E-state index in [4.69, 9.17) is 10.5 Å². The van der Waals surface area contributed by atoms with Gasteiger partial charge in [-0.3, -0.25) is 9.59 Å². The van der Waals surface area contributed by atoms with Crippen LogP contribution in [-0.4, -0.2) is 48.1 Å². The van der Waals surface area contributed by atoms with Crippen LogP contribution in [0.2, 0.25) is 0 Å². The minimum atomic E-state index is -0.870. The summed E-state index contributed by atoms with van der Waals surface area (Å²) in [6.07, 6.45) is -0.0986. The normalized spacial score (nSPS) is 19.0. The maximum absolute atomic E-state index is 13.4. The van der Waals surface area contributed by atoms with Crippen LogP contribution in [-0.2, 0) is 14.3 Å². The first kappa shape index (κ1) is 18.1. The van der Waals surface area contributed by atoms with Gasteiger partial charge in [0.15, 0.2) is 0 Å². The molecule has 0 bridgehead atoms. The number of carbonyl (C=O) groups excluding carboxylic acids is 2. The number of carbonyl (C=O) groups is 2. The highest BCUT2D eigenvalue weighted by molar-refractivity contribution is 6.05. The number of fused-ring (bicyclic) bond motifs is 1. The molecular weight excluding hydrogens is 367 g/mol. The highest BCUT2D eigenvalue weighted by Gasteiger charge is 2.35. The fourth-order valence-corrected chi connectivity index (χ4v) is 3.31. The molecule has 1 fully saturated rings. The second kappa shape index (κ2) is 7.39. The van der Waals surface area contributed by atoms with E-state index in [2.05, 4.69) is 20.6 Å². The van der Waals surface area contributed by atoms with Crippen LogP contribution < -0.4 is 21.3 Å². The molecule has 0 radical (unpaired) electrons. The van der Waals surface area contributed by atoms with Crippen molar-refractivity contribution < 1.29 is 18.7 Å². The predicted octanol–water partition coefficient (Wildman–Crippen LogP) is 1.10. The van der Waals surface area contributed by atoms with Gasteiger partial charge in [0.1, 0.15) is 17.5 Å². The molecule has 0 spiro atoms. The summed E-state index contributed by atoms with van der Waals surface area (Å²) in [4.78, 5) is 35.6. The molecule has 9 nitrogen and oxygen atoms in total. The number of nitrogens with two attached hydrogens (primary N) is 1. The van der Waals surface area contributed by atoms with E-state index < -0.39 is 17.6 Å². The number of halogens is 1. The van der Waals surface area contributed by atoms with Crippen LogP contribution in [0.25, 0.3) is 0 Å². The first-order chi connectivity index (χ1) is 13.5. The number of nitrogen functional groups attached to an aromatic ring is 1. The van der Waals surface area contributed by atoms with Crippen molar-refractivity contribution >= 4 is 35.1 Å². The zero-order chi connectivity index (χ0) is 19.7. The first-order valence-electron chi connectivity index (χ1n) is 8.87. The number of aromatic nitrogens is 2. The molecule has 1 aromatic heterocycles. The van der Waals surface area contributed by atoms with Gasteiger partial charge >= 0.3 is 0 Å². The maximum atomic E-state index is 13.4. The smallest absolute Gasteiger partial charge is 0.232 e. The molecule has 3 heterocycles. The molecule has 10 heteroatoms. The Morgan fingerprint density at radius 3 is 2.86 bits per heavy atom. The second-order valence-corrected chi connectivity index (χ2v) is 6.58. The summed E-state index contributed by atoms with van der Waals surface area (Å²) in [5, 5.41) is 5.29. The summed E-state index contributed by atoms with van der Waals surface area (Å²) >= 11 is 0. The molecule has 2 aliphatic rings. The molecule has 28 heavy (non-hydrogen) atoms. The Morgan fingerprint density at radius 2 is 2.11 bits per heavy atom. The van der Waals surface area contributed by atoms with Gasteiger partial charge in [0.2, 0.25) is 17.8 Å². The molecule has 2 amide bonds. The van der Waals surface area contributed by atoms with Crippen molar-refractivity contribution in [3.8, 4) is 0 Å². The number of nitrogens with zero attached hydrogens (tertiary/aromatic N) is 3. The first-order valence-corrected chi connectivity index (χ1v) is 8.87. The lowest BCUT2D eigenvalue weighted by Crippen LogP contribution is -2.38. The molecule has 146 valence electrons. The number of morpholine rings is 1. The van der Waals surface area contributed by atoms with Crippen LogP contribution >= 0.6 is 0 Å². The van der Waals surface area contributed by atoms with Crippen molar-refractivity contribution in [3.05, 3.63) is 35.6 Å². The van der Waals surface area contributed by atoms with Crippen molar-refractivity contribution in [1.29, 1.82) is 0 Å². The number of hydrogen-bond acceptors (Lipinski definition) is 7. The minimum absolute atomic E-state index is 0.0986. The van der Waals surface area contributed by atoms with Gasteiger partial charge in [-0.25, -0.2) is 4.39 Å². The van der Waals surface area contributed by atoms with E-state index in [1.807, 2.05) is 4.90 Å². The highest BCUT2D eigenvalue weighted by atomic mass is 19.1. The molecule has 0 saturated carbocycles. The van der Waals surface area contributed by atoms with Crippen LogP contribution in [0.3, 0.4) is 0 Å². The third-order valence-corrected chi connectivity index (χ3v) is 4.66. The molecule has 0 aliphatic carbocycles. The lowest BCUT2D eigenvalue weighted by atomic mass is 9.92. The summed E-state index contributed by atoms with van der Waals surface area (Å²) in [7, 11) is 0. The molecule has 1 atom stereocenters. The lowest BCUT2D eigenvalue weighted by molar-refractivity contribution is -0.123. The second-order valence-electron chi connectivity index (χ2n) is 6.58. The van der Waals surface area contributed by atoms with Crippen molar-refractivity contribution in [2.45, 2.75) is 12.3 Å². The Labute approximate surface area is 160 Å². The number of anilines is 4. The lowest BCUT2D eigenvalue weighted by Gasteiger charge is -2.30. The van der Waals surface area contributed by atoms with E-state index in [1.54, 1.807) is 6.07 Å². The van der Waals surface area contributed by atoms with Crippen molar-refractivity contribution in [1.82, 2.24) is 9.97 Å². The van der Waals surface area contributed by atoms with Crippen LogP contribution in [0.15, 0.2) is 24.3 Å². The minimum Gasteiger partial charge on any atom is -0.383 e. The predicted molar refractivity (Wildman–Crippen MR) is 100 cm³/mol. The van der Waals surface area contributed by atoms with E-state index >= 15 is 0 Å². The summed E-state index contributed by atoms with van der Waals surface area (Å²) in [6.45, 7) is 2.31. The van der Waals surface area contributed by atoms with Gasteiger partial charge in [0, 0.05) is 25.2 Å². The maximum Gasteiger partial charge on any atom is 0.232 e.